The lowest BCUT2D eigenvalue weighted by molar-refractivity contribution is 0.180. The summed E-state index contributed by atoms with van der Waals surface area (Å²) in [6.45, 7) is 2.10. The van der Waals surface area contributed by atoms with Crippen molar-refractivity contribution in [2.75, 3.05) is 19.6 Å². The van der Waals surface area contributed by atoms with E-state index in [-0.39, 0.29) is 6.10 Å². The summed E-state index contributed by atoms with van der Waals surface area (Å²) in [5, 5.41) is 15.6. The van der Waals surface area contributed by atoms with Crippen LogP contribution in [0.5, 0.6) is 0 Å². The molecule has 0 saturated heterocycles. The van der Waals surface area contributed by atoms with Crippen molar-refractivity contribution in [1.29, 1.82) is 0 Å². The maximum absolute atomic E-state index is 9.24. The quantitative estimate of drug-likeness (QED) is 0.572. The molecule has 4 heteroatoms. The van der Waals surface area contributed by atoms with Crippen LogP contribution < -0.4 is 10.6 Å². The van der Waals surface area contributed by atoms with Crippen LogP contribution in [0.1, 0.15) is 19.3 Å². The molecule has 4 nitrogen and oxygen atoms in total. The van der Waals surface area contributed by atoms with Crippen LogP contribution >= 0.6 is 0 Å². The number of nitrogens with zero attached hydrogens (tertiary/aromatic N) is 1. The van der Waals surface area contributed by atoms with Crippen LogP contribution in [0.4, 0.5) is 0 Å². The number of aliphatic hydroxyl groups is 1. The van der Waals surface area contributed by atoms with E-state index in [4.69, 9.17) is 0 Å². The molecule has 15 heavy (non-hydrogen) atoms. The van der Waals surface area contributed by atoms with E-state index in [1.165, 1.54) is 19.3 Å². The van der Waals surface area contributed by atoms with E-state index in [2.05, 4.69) is 27.8 Å². The minimum absolute atomic E-state index is 0.326. The van der Waals surface area contributed by atoms with Gasteiger partial charge in [-0.2, -0.15) is 0 Å². The van der Waals surface area contributed by atoms with Gasteiger partial charge in [0.1, 0.15) is 0 Å². The number of allylic oxidation sites excluding steroid dienone is 2. The molecule has 0 radical (unpaired) electrons. The van der Waals surface area contributed by atoms with Gasteiger partial charge in [0.2, 0.25) is 0 Å². The third-order valence-corrected chi connectivity index (χ3v) is 2.90. The Balaban J connectivity index is 1.71. The van der Waals surface area contributed by atoms with Crippen LogP contribution in [0.15, 0.2) is 17.1 Å². The van der Waals surface area contributed by atoms with Gasteiger partial charge in [0.25, 0.3) is 0 Å². The zero-order chi connectivity index (χ0) is 10.5. The predicted molar refractivity (Wildman–Crippen MR) is 60.8 cm³/mol. The average molecular weight is 209 g/mol. The molecule has 2 atom stereocenters. The summed E-state index contributed by atoms with van der Waals surface area (Å²) in [5.41, 5.74) is 0. The van der Waals surface area contributed by atoms with Gasteiger partial charge in [-0.25, -0.2) is 0 Å². The fourth-order valence-electron chi connectivity index (χ4n) is 1.93. The molecule has 1 unspecified atom stereocenters. The van der Waals surface area contributed by atoms with Crippen LogP contribution in [-0.2, 0) is 0 Å². The number of aliphatic imine (C=N–C) groups is 1. The molecule has 1 aliphatic heterocycles. The molecule has 0 aromatic carbocycles. The van der Waals surface area contributed by atoms with Gasteiger partial charge in [0, 0.05) is 13.1 Å². The van der Waals surface area contributed by atoms with Gasteiger partial charge < -0.3 is 15.7 Å². The monoisotopic (exact) mass is 209 g/mol. The first-order chi connectivity index (χ1) is 7.34. The first-order valence-electron chi connectivity index (χ1n) is 5.70. The van der Waals surface area contributed by atoms with Crippen molar-refractivity contribution in [3.8, 4) is 0 Å². The SMILES string of the molecule is OC1CN=C(NC[C@H]2CC=CCC2)NC1. The first kappa shape index (κ1) is 10.5. The molecule has 0 amide bonds. The molecule has 2 rings (SSSR count). The molecule has 2 aliphatic rings. The van der Waals surface area contributed by atoms with Crippen molar-refractivity contribution in [3.05, 3.63) is 12.2 Å². The molecular weight excluding hydrogens is 190 g/mol. The van der Waals surface area contributed by atoms with Gasteiger partial charge in [-0.15, -0.1) is 0 Å². The summed E-state index contributed by atoms with van der Waals surface area (Å²) < 4.78 is 0. The molecule has 84 valence electrons. The molecule has 0 aromatic rings. The van der Waals surface area contributed by atoms with Gasteiger partial charge in [-0.1, -0.05) is 12.2 Å². The highest BCUT2D eigenvalue weighted by molar-refractivity contribution is 5.80. The number of hydrogen-bond acceptors (Lipinski definition) is 4. The van der Waals surface area contributed by atoms with Crippen molar-refractivity contribution in [2.24, 2.45) is 10.9 Å². The minimum atomic E-state index is -0.326. The lowest BCUT2D eigenvalue weighted by Gasteiger charge is -2.23. The third kappa shape index (κ3) is 3.23. The Bertz CT molecular complexity index is 263. The highest BCUT2D eigenvalue weighted by atomic mass is 16.3. The van der Waals surface area contributed by atoms with Gasteiger partial charge in [0.15, 0.2) is 5.96 Å². The van der Waals surface area contributed by atoms with Crippen molar-refractivity contribution in [1.82, 2.24) is 10.6 Å². The molecule has 1 heterocycles. The second-order valence-electron chi connectivity index (χ2n) is 4.26. The summed E-state index contributed by atoms with van der Waals surface area (Å²) in [5.74, 6) is 1.57. The first-order valence-corrected chi connectivity index (χ1v) is 5.70. The van der Waals surface area contributed by atoms with E-state index in [0.29, 0.717) is 13.1 Å². The zero-order valence-electron chi connectivity index (χ0n) is 8.95. The highest BCUT2D eigenvalue weighted by Gasteiger charge is 2.13. The lowest BCUT2D eigenvalue weighted by Crippen LogP contribution is -2.47. The number of rotatable bonds is 2. The van der Waals surface area contributed by atoms with Crippen LogP contribution in [0, 0.1) is 5.92 Å². The average Bonchev–Trinajstić information content (AvgIpc) is 2.30. The number of guanidine groups is 1. The second-order valence-corrected chi connectivity index (χ2v) is 4.26. The predicted octanol–water partition coefficient (Wildman–Crippen LogP) is 0.252. The summed E-state index contributed by atoms with van der Waals surface area (Å²) in [4.78, 5) is 4.22. The van der Waals surface area contributed by atoms with Crippen LogP contribution in [-0.4, -0.2) is 36.8 Å². The van der Waals surface area contributed by atoms with Gasteiger partial charge >= 0.3 is 0 Å². The van der Waals surface area contributed by atoms with E-state index >= 15 is 0 Å². The number of β-amino-alcohol motifs (C(OH)–C–C–N with tert-alkyl or cyclic N) is 1. The Morgan fingerprint density at radius 1 is 1.53 bits per heavy atom. The maximum Gasteiger partial charge on any atom is 0.191 e. The van der Waals surface area contributed by atoms with Crippen LogP contribution in [0.3, 0.4) is 0 Å². The number of aliphatic hydroxyl groups excluding tert-OH is 1. The van der Waals surface area contributed by atoms with Crippen molar-refractivity contribution in [3.63, 3.8) is 0 Å². The van der Waals surface area contributed by atoms with E-state index in [0.717, 1.165) is 18.4 Å². The summed E-state index contributed by atoms with van der Waals surface area (Å²) in [6.07, 6.45) is 7.82. The molecular formula is C11H19N3O. The van der Waals surface area contributed by atoms with Crippen molar-refractivity contribution >= 4 is 5.96 Å². The van der Waals surface area contributed by atoms with Crippen molar-refractivity contribution < 1.29 is 5.11 Å². The minimum Gasteiger partial charge on any atom is -0.389 e. The van der Waals surface area contributed by atoms with E-state index in [1.807, 2.05) is 0 Å². The topological polar surface area (TPSA) is 56.7 Å². The Morgan fingerprint density at radius 2 is 2.47 bits per heavy atom. The Kier molecular flexibility index (Phi) is 3.61. The second kappa shape index (κ2) is 5.16. The smallest absolute Gasteiger partial charge is 0.191 e. The van der Waals surface area contributed by atoms with Crippen LogP contribution in [0.2, 0.25) is 0 Å². The van der Waals surface area contributed by atoms with E-state index in [1.54, 1.807) is 0 Å². The Labute approximate surface area is 90.5 Å². The third-order valence-electron chi connectivity index (χ3n) is 2.90. The molecule has 1 aliphatic carbocycles. The van der Waals surface area contributed by atoms with E-state index in [9.17, 15) is 5.11 Å². The van der Waals surface area contributed by atoms with Crippen LogP contribution in [0.25, 0.3) is 0 Å². The molecule has 0 fully saturated rings. The fraction of sp³-hybridized carbons (Fsp3) is 0.727. The Hall–Kier alpha value is -1.03. The Morgan fingerprint density at radius 3 is 3.13 bits per heavy atom. The molecule has 0 bridgehead atoms. The summed E-state index contributed by atoms with van der Waals surface area (Å²) in [7, 11) is 0. The molecule has 0 spiro atoms. The molecule has 0 saturated carbocycles. The standard InChI is InChI=1S/C11H19N3O/c15-10-7-13-11(14-8-10)12-6-9-4-2-1-3-5-9/h1-2,9-10,15H,3-8H2,(H2,12,13,14)/t9-/m0/s1. The van der Waals surface area contributed by atoms with Crippen molar-refractivity contribution in [2.45, 2.75) is 25.4 Å². The summed E-state index contributed by atoms with van der Waals surface area (Å²) in [6, 6.07) is 0. The molecule has 0 aromatic heterocycles. The summed E-state index contributed by atoms with van der Waals surface area (Å²) >= 11 is 0. The molecule has 3 N–H and O–H groups in total. The number of nitrogens with one attached hydrogen (secondary N) is 2. The maximum atomic E-state index is 9.24. The van der Waals surface area contributed by atoms with Gasteiger partial charge in [-0.05, 0) is 25.2 Å². The largest absolute Gasteiger partial charge is 0.389 e. The fourth-order valence-corrected chi connectivity index (χ4v) is 1.93. The normalized spacial score (nSPS) is 30.6. The van der Waals surface area contributed by atoms with Gasteiger partial charge in [-0.3, -0.25) is 4.99 Å². The number of hydrogen-bond donors (Lipinski definition) is 3. The van der Waals surface area contributed by atoms with Gasteiger partial charge in [0.05, 0.1) is 12.6 Å². The zero-order valence-corrected chi connectivity index (χ0v) is 8.95. The highest BCUT2D eigenvalue weighted by Crippen LogP contribution is 2.16. The van der Waals surface area contributed by atoms with E-state index < -0.39 is 0 Å². The lowest BCUT2D eigenvalue weighted by atomic mass is 9.94.